The van der Waals surface area contributed by atoms with Gasteiger partial charge in [0.05, 0.1) is 29.6 Å². The average molecular weight is 348 g/mol. The molecule has 0 saturated carbocycles. The van der Waals surface area contributed by atoms with Crippen LogP contribution in [0.1, 0.15) is 40.2 Å². The Morgan fingerprint density at radius 2 is 2.12 bits per heavy atom. The number of para-hydroxylation sites is 1. The predicted molar refractivity (Wildman–Crippen MR) is 101 cm³/mol. The summed E-state index contributed by atoms with van der Waals surface area (Å²) in [5, 5.41) is 12.7. The fourth-order valence-corrected chi connectivity index (χ4v) is 3.54. The number of nitrogens with zero attached hydrogens (tertiary/aromatic N) is 1. The molecule has 1 aromatic carbocycles. The number of benzene rings is 1. The molecule has 0 unspecified atom stereocenters. The smallest absolute Gasteiger partial charge is 0.252 e. The highest BCUT2D eigenvalue weighted by molar-refractivity contribution is 6.09. The molecular formula is C21H20N2O3. The molecule has 4 rings (SSSR count). The summed E-state index contributed by atoms with van der Waals surface area (Å²) >= 11 is 0. The first kappa shape index (κ1) is 16.5. The van der Waals surface area contributed by atoms with E-state index in [9.17, 15) is 4.79 Å². The minimum absolute atomic E-state index is 0.0827. The third-order valence-corrected chi connectivity index (χ3v) is 4.65. The minimum atomic E-state index is -0.159. The summed E-state index contributed by atoms with van der Waals surface area (Å²) in [6.45, 7) is 0.153. The van der Waals surface area contributed by atoms with Gasteiger partial charge in [-0.05, 0) is 54.7 Å². The SMILES string of the molecule is O=C(NCCO)c1c2c(nc3ccccc13)/C(=C\c1ccco1)CCC2. The van der Waals surface area contributed by atoms with Crippen LogP contribution >= 0.6 is 0 Å². The van der Waals surface area contributed by atoms with Gasteiger partial charge in [0, 0.05) is 11.9 Å². The highest BCUT2D eigenvalue weighted by Crippen LogP contribution is 2.36. The number of allylic oxidation sites excluding steroid dienone is 1. The van der Waals surface area contributed by atoms with E-state index in [1.165, 1.54) is 0 Å². The molecule has 3 aromatic rings. The van der Waals surface area contributed by atoms with Gasteiger partial charge in [0.1, 0.15) is 5.76 Å². The van der Waals surface area contributed by atoms with E-state index in [0.717, 1.165) is 52.8 Å². The summed E-state index contributed by atoms with van der Waals surface area (Å²) < 4.78 is 5.46. The summed E-state index contributed by atoms with van der Waals surface area (Å²) in [4.78, 5) is 17.7. The maximum atomic E-state index is 12.8. The summed E-state index contributed by atoms with van der Waals surface area (Å²) in [5.74, 6) is 0.627. The highest BCUT2D eigenvalue weighted by atomic mass is 16.3. The third kappa shape index (κ3) is 3.02. The van der Waals surface area contributed by atoms with Gasteiger partial charge in [-0.2, -0.15) is 0 Å². The van der Waals surface area contributed by atoms with Gasteiger partial charge in [0.2, 0.25) is 0 Å². The molecule has 0 radical (unpaired) electrons. The van der Waals surface area contributed by atoms with Crippen molar-refractivity contribution >= 4 is 28.5 Å². The number of aliphatic hydroxyl groups excluding tert-OH is 1. The topological polar surface area (TPSA) is 75.4 Å². The second-order valence-corrected chi connectivity index (χ2v) is 6.35. The monoisotopic (exact) mass is 348 g/mol. The first-order valence-electron chi connectivity index (χ1n) is 8.83. The van der Waals surface area contributed by atoms with Crippen LogP contribution in [0, 0.1) is 0 Å². The summed E-state index contributed by atoms with van der Waals surface area (Å²) in [7, 11) is 0. The van der Waals surface area contributed by atoms with Crippen molar-refractivity contribution in [3.8, 4) is 0 Å². The lowest BCUT2D eigenvalue weighted by molar-refractivity contribution is 0.0945. The van der Waals surface area contributed by atoms with E-state index in [-0.39, 0.29) is 19.1 Å². The van der Waals surface area contributed by atoms with Crippen LogP contribution in [0.2, 0.25) is 0 Å². The Kier molecular flexibility index (Phi) is 4.54. The molecular weight excluding hydrogens is 328 g/mol. The minimum Gasteiger partial charge on any atom is -0.465 e. The molecule has 0 atom stereocenters. The number of aliphatic hydroxyl groups is 1. The van der Waals surface area contributed by atoms with Gasteiger partial charge >= 0.3 is 0 Å². The first-order valence-corrected chi connectivity index (χ1v) is 8.83. The lowest BCUT2D eigenvalue weighted by Crippen LogP contribution is -2.28. The Labute approximate surface area is 151 Å². The lowest BCUT2D eigenvalue weighted by atomic mass is 9.86. The quantitative estimate of drug-likeness (QED) is 0.757. The van der Waals surface area contributed by atoms with Crippen LogP contribution < -0.4 is 5.32 Å². The molecule has 5 heteroatoms. The van der Waals surface area contributed by atoms with Gasteiger partial charge < -0.3 is 14.8 Å². The number of furan rings is 1. The maximum absolute atomic E-state index is 12.8. The van der Waals surface area contributed by atoms with E-state index in [4.69, 9.17) is 14.5 Å². The molecule has 2 N–H and O–H groups in total. The van der Waals surface area contributed by atoms with Crippen LogP contribution in [0.25, 0.3) is 22.6 Å². The van der Waals surface area contributed by atoms with Crippen LogP contribution in [0.3, 0.4) is 0 Å². The van der Waals surface area contributed by atoms with Gasteiger partial charge in [-0.3, -0.25) is 4.79 Å². The molecule has 132 valence electrons. The number of pyridine rings is 1. The van der Waals surface area contributed by atoms with Crippen LogP contribution in [-0.4, -0.2) is 29.1 Å². The number of nitrogens with one attached hydrogen (secondary N) is 1. The van der Waals surface area contributed by atoms with Gasteiger partial charge in [0.25, 0.3) is 5.91 Å². The molecule has 1 amide bonds. The van der Waals surface area contributed by atoms with Crippen LogP contribution in [-0.2, 0) is 6.42 Å². The van der Waals surface area contributed by atoms with Crippen molar-refractivity contribution < 1.29 is 14.3 Å². The van der Waals surface area contributed by atoms with Crippen LogP contribution in [0.5, 0.6) is 0 Å². The lowest BCUT2D eigenvalue weighted by Gasteiger charge is -2.22. The molecule has 1 aliphatic rings. The molecule has 0 fully saturated rings. The first-order chi connectivity index (χ1) is 12.8. The summed E-state index contributed by atoms with van der Waals surface area (Å²) in [5.41, 5.74) is 4.41. The van der Waals surface area contributed by atoms with Crippen molar-refractivity contribution in [3.63, 3.8) is 0 Å². The fraction of sp³-hybridized carbons (Fsp3) is 0.238. The molecule has 0 bridgehead atoms. The Bertz CT molecular complexity index is 974. The number of rotatable bonds is 4. The summed E-state index contributed by atoms with van der Waals surface area (Å²) in [6, 6.07) is 11.5. The second-order valence-electron chi connectivity index (χ2n) is 6.35. The van der Waals surface area contributed by atoms with Gasteiger partial charge in [-0.1, -0.05) is 18.2 Å². The highest BCUT2D eigenvalue weighted by Gasteiger charge is 2.25. The Morgan fingerprint density at radius 1 is 1.23 bits per heavy atom. The van der Waals surface area contributed by atoms with Crippen molar-refractivity contribution in [2.24, 2.45) is 0 Å². The van der Waals surface area contributed by atoms with Crippen molar-refractivity contribution in [1.29, 1.82) is 0 Å². The number of amides is 1. The zero-order valence-corrected chi connectivity index (χ0v) is 14.4. The number of carbonyl (C=O) groups excluding carboxylic acids is 1. The predicted octanol–water partition coefficient (Wildman–Crippen LogP) is 3.43. The molecule has 5 nitrogen and oxygen atoms in total. The van der Waals surface area contributed by atoms with Crippen molar-refractivity contribution in [2.75, 3.05) is 13.2 Å². The van der Waals surface area contributed by atoms with E-state index in [1.807, 2.05) is 42.5 Å². The molecule has 0 aliphatic heterocycles. The van der Waals surface area contributed by atoms with E-state index in [0.29, 0.717) is 5.56 Å². The zero-order chi connectivity index (χ0) is 17.9. The number of hydrogen-bond acceptors (Lipinski definition) is 4. The van der Waals surface area contributed by atoms with Crippen molar-refractivity contribution in [2.45, 2.75) is 19.3 Å². The Morgan fingerprint density at radius 3 is 2.92 bits per heavy atom. The largest absolute Gasteiger partial charge is 0.465 e. The molecule has 0 saturated heterocycles. The third-order valence-electron chi connectivity index (χ3n) is 4.65. The Balaban J connectivity index is 1.91. The van der Waals surface area contributed by atoms with Gasteiger partial charge in [0.15, 0.2) is 0 Å². The van der Waals surface area contributed by atoms with Crippen LogP contribution in [0.15, 0.2) is 47.1 Å². The normalized spacial score (nSPS) is 15.2. The average Bonchev–Trinajstić information content (AvgIpc) is 3.18. The van der Waals surface area contributed by atoms with E-state index in [1.54, 1.807) is 6.26 Å². The van der Waals surface area contributed by atoms with Crippen LogP contribution in [0.4, 0.5) is 0 Å². The van der Waals surface area contributed by atoms with E-state index < -0.39 is 0 Å². The number of carbonyl (C=O) groups is 1. The van der Waals surface area contributed by atoms with Crippen molar-refractivity contribution in [1.82, 2.24) is 10.3 Å². The zero-order valence-electron chi connectivity index (χ0n) is 14.4. The van der Waals surface area contributed by atoms with Gasteiger partial charge in [-0.25, -0.2) is 4.98 Å². The molecule has 2 heterocycles. The van der Waals surface area contributed by atoms with E-state index >= 15 is 0 Å². The fourth-order valence-electron chi connectivity index (χ4n) is 3.54. The number of fused-ring (bicyclic) bond motifs is 2. The Hall–Kier alpha value is -2.92. The standard InChI is InChI=1S/C21H20N2O3/c24-11-10-22-21(25)19-16-7-1-2-9-18(16)23-20-14(5-3-8-17(19)20)13-15-6-4-12-26-15/h1-2,4,6-7,9,12-13,24H,3,5,8,10-11H2,(H,22,25)/b14-13-. The van der Waals surface area contributed by atoms with E-state index in [2.05, 4.69) is 5.32 Å². The molecule has 2 aromatic heterocycles. The van der Waals surface area contributed by atoms with Crippen molar-refractivity contribution in [3.05, 3.63) is 65.2 Å². The number of hydrogen-bond donors (Lipinski definition) is 2. The molecule has 0 spiro atoms. The van der Waals surface area contributed by atoms with Gasteiger partial charge in [-0.15, -0.1) is 0 Å². The summed E-state index contributed by atoms with van der Waals surface area (Å²) in [6.07, 6.45) is 6.33. The molecule has 1 aliphatic carbocycles. The number of aromatic nitrogens is 1. The maximum Gasteiger partial charge on any atom is 0.252 e. The second kappa shape index (κ2) is 7.14. The molecule has 26 heavy (non-hydrogen) atoms.